The highest BCUT2D eigenvalue weighted by Crippen LogP contribution is 2.38. The van der Waals surface area contributed by atoms with Gasteiger partial charge in [0.25, 0.3) is 0 Å². The molecule has 3 rings (SSSR count). The summed E-state index contributed by atoms with van der Waals surface area (Å²) in [5.41, 5.74) is -0.300. The standard InChI is InChI=1S/C19H20F3N3O3S/c1-3-5-13-15(7-6-14-16(13)28-24-17(14)19(20,21)22)27-9-4-8-25(2)18-23-10-12(11-26)29-18/h6-7,10-11H,3-5,8-9H2,1-2H3. The number of halogens is 3. The van der Waals surface area contributed by atoms with Crippen molar-refractivity contribution in [3.05, 3.63) is 34.5 Å². The van der Waals surface area contributed by atoms with E-state index in [0.29, 0.717) is 42.2 Å². The normalized spacial score (nSPS) is 11.8. The van der Waals surface area contributed by atoms with Crippen LogP contribution in [-0.4, -0.2) is 36.6 Å². The van der Waals surface area contributed by atoms with Crippen molar-refractivity contribution in [1.29, 1.82) is 0 Å². The van der Waals surface area contributed by atoms with Gasteiger partial charge >= 0.3 is 6.18 Å². The first-order valence-electron chi connectivity index (χ1n) is 9.08. The second-order valence-electron chi connectivity index (χ2n) is 6.48. The Bertz CT molecular complexity index is 984. The van der Waals surface area contributed by atoms with E-state index < -0.39 is 11.9 Å². The molecule has 29 heavy (non-hydrogen) atoms. The number of alkyl halides is 3. The lowest BCUT2D eigenvalue weighted by Gasteiger charge is -2.16. The van der Waals surface area contributed by atoms with E-state index in [2.05, 4.69) is 10.1 Å². The quantitative estimate of drug-likeness (QED) is 0.355. The van der Waals surface area contributed by atoms with E-state index in [4.69, 9.17) is 9.26 Å². The molecule has 0 saturated carbocycles. The van der Waals surface area contributed by atoms with Gasteiger partial charge in [0.15, 0.2) is 22.7 Å². The molecule has 0 saturated heterocycles. The van der Waals surface area contributed by atoms with Crippen LogP contribution in [0.5, 0.6) is 5.75 Å². The molecule has 6 nitrogen and oxygen atoms in total. The van der Waals surface area contributed by atoms with Gasteiger partial charge < -0.3 is 14.2 Å². The van der Waals surface area contributed by atoms with E-state index in [0.717, 1.165) is 17.8 Å². The maximum atomic E-state index is 13.1. The fraction of sp³-hybridized carbons (Fsp3) is 0.421. The molecule has 156 valence electrons. The number of ether oxygens (including phenoxy) is 1. The Morgan fingerprint density at radius 3 is 2.79 bits per heavy atom. The molecule has 0 radical (unpaired) electrons. The number of aryl methyl sites for hydroxylation is 1. The van der Waals surface area contributed by atoms with Crippen LogP contribution in [0.25, 0.3) is 11.0 Å². The SMILES string of the molecule is CCCc1c(OCCCN(C)c2ncc(C=O)s2)ccc2c(C(F)(F)F)noc12. The van der Waals surface area contributed by atoms with Crippen molar-refractivity contribution >= 4 is 33.7 Å². The van der Waals surface area contributed by atoms with Gasteiger partial charge in [0.1, 0.15) is 5.75 Å². The summed E-state index contributed by atoms with van der Waals surface area (Å²) in [5.74, 6) is 0.504. The fourth-order valence-electron chi connectivity index (χ4n) is 2.95. The Kier molecular flexibility index (Phi) is 6.41. The lowest BCUT2D eigenvalue weighted by Crippen LogP contribution is -2.20. The van der Waals surface area contributed by atoms with Crippen LogP contribution in [-0.2, 0) is 12.6 Å². The molecular weight excluding hydrogens is 407 g/mol. The predicted molar refractivity (Wildman–Crippen MR) is 104 cm³/mol. The van der Waals surface area contributed by atoms with Gasteiger partial charge in [0.2, 0.25) is 0 Å². The summed E-state index contributed by atoms with van der Waals surface area (Å²) in [7, 11) is 1.87. The lowest BCUT2D eigenvalue weighted by molar-refractivity contribution is -0.141. The van der Waals surface area contributed by atoms with Crippen LogP contribution in [0.3, 0.4) is 0 Å². The molecule has 2 aromatic heterocycles. The van der Waals surface area contributed by atoms with Crippen LogP contribution in [0, 0.1) is 0 Å². The number of rotatable bonds is 9. The van der Waals surface area contributed by atoms with E-state index in [1.54, 1.807) is 6.07 Å². The second-order valence-corrected chi connectivity index (χ2v) is 7.53. The number of aldehydes is 1. The molecule has 2 heterocycles. The van der Waals surface area contributed by atoms with Crippen LogP contribution in [0.2, 0.25) is 0 Å². The minimum absolute atomic E-state index is 0.0530. The van der Waals surface area contributed by atoms with Crippen molar-refractivity contribution in [3.8, 4) is 5.75 Å². The third-order valence-corrected chi connectivity index (χ3v) is 5.36. The number of hydrogen-bond donors (Lipinski definition) is 0. The third-order valence-electron chi connectivity index (χ3n) is 4.32. The fourth-order valence-corrected chi connectivity index (χ4v) is 3.67. The molecule has 0 bridgehead atoms. The van der Waals surface area contributed by atoms with Gasteiger partial charge in [0.05, 0.1) is 23.1 Å². The van der Waals surface area contributed by atoms with Crippen molar-refractivity contribution < 1.29 is 27.2 Å². The maximum absolute atomic E-state index is 13.1. The average molecular weight is 427 g/mol. The van der Waals surface area contributed by atoms with Crippen molar-refractivity contribution in [2.24, 2.45) is 0 Å². The van der Waals surface area contributed by atoms with Gasteiger partial charge in [-0.1, -0.05) is 29.8 Å². The van der Waals surface area contributed by atoms with E-state index >= 15 is 0 Å². The van der Waals surface area contributed by atoms with Gasteiger partial charge in [-0.3, -0.25) is 4.79 Å². The zero-order chi connectivity index (χ0) is 21.0. The summed E-state index contributed by atoms with van der Waals surface area (Å²) in [5, 5.41) is 3.90. The number of anilines is 1. The molecule has 10 heteroatoms. The molecule has 0 aliphatic heterocycles. The topological polar surface area (TPSA) is 68.5 Å². The molecule has 0 atom stereocenters. The van der Waals surface area contributed by atoms with Crippen LogP contribution >= 0.6 is 11.3 Å². The number of carbonyl (C=O) groups excluding carboxylic acids is 1. The van der Waals surface area contributed by atoms with Crippen molar-refractivity contribution in [2.75, 3.05) is 25.1 Å². The van der Waals surface area contributed by atoms with Crippen molar-refractivity contribution in [2.45, 2.75) is 32.4 Å². The number of benzene rings is 1. The zero-order valence-electron chi connectivity index (χ0n) is 16.0. The average Bonchev–Trinajstić information content (AvgIpc) is 3.33. The highest BCUT2D eigenvalue weighted by molar-refractivity contribution is 7.17. The van der Waals surface area contributed by atoms with E-state index in [1.807, 2.05) is 18.9 Å². The number of carbonyl (C=O) groups is 1. The number of nitrogens with zero attached hydrogens (tertiary/aromatic N) is 3. The highest BCUT2D eigenvalue weighted by atomic mass is 32.1. The molecule has 0 aliphatic rings. The van der Waals surface area contributed by atoms with Gasteiger partial charge in [-0.15, -0.1) is 0 Å². The number of fused-ring (bicyclic) bond motifs is 1. The first-order chi connectivity index (χ1) is 13.8. The molecule has 3 aromatic rings. The largest absolute Gasteiger partial charge is 0.493 e. The van der Waals surface area contributed by atoms with E-state index in [1.165, 1.54) is 23.6 Å². The zero-order valence-corrected chi connectivity index (χ0v) is 16.8. The number of aromatic nitrogens is 2. The Morgan fingerprint density at radius 1 is 1.34 bits per heavy atom. The highest BCUT2D eigenvalue weighted by Gasteiger charge is 2.37. The summed E-state index contributed by atoms with van der Waals surface area (Å²) < 4.78 is 50.1. The monoisotopic (exact) mass is 427 g/mol. The van der Waals surface area contributed by atoms with Crippen molar-refractivity contribution in [1.82, 2.24) is 10.1 Å². The third kappa shape index (κ3) is 4.69. The molecule has 0 unspecified atom stereocenters. The Balaban J connectivity index is 1.68. The Labute approximate surface area is 169 Å². The van der Waals surface area contributed by atoms with Gasteiger partial charge in [-0.05, 0) is 25.0 Å². The molecule has 0 aliphatic carbocycles. The van der Waals surface area contributed by atoms with E-state index in [9.17, 15) is 18.0 Å². The molecule has 0 spiro atoms. The molecule has 0 amide bonds. The van der Waals surface area contributed by atoms with Crippen LogP contribution in [0.1, 0.15) is 40.7 Å². The summed E-state index contributed by atoms with van der Waals surface area (Å²) >= 11 is 1.30. The van der Waals surface area contributed by atoms with E-state index in [-0.39, 0.29) is 11.0 Å². The number of thiazole rings is 1. The Morgan fingerprint density at radius 2 is 2.14 bits per heavy atom. The smallest absolute Gasteiger partial charge is 0.437 e. The minimum atomic E-state index is -4.57. The summed E-state index contributed by atoms with van der Waals surface area (Å²) in [6.45, 7) is 2.96. The lowest BCUT2D eigenvalue weighted by atomic mass is 10.0. The predicted octanol–water partition coefficient (Wildman–Crippen LogP) is 4.97. The summed E-state index contributed by atoms with van der Waals surface area (Å²) in [6.07, 6.45) is -0.367. The van der Waals surface area contributed by atoms with Gasteiger partial charge in [-0.2, -0.15) is 13.2 Å². The summed E-state index contributed by atoms with van der Waals surface area (Å²) in [6, 6.07) is 2.88. The first kappa shape index (κ1) is 21.1. The number of hydrogen-bond acceptors (Lipinski definition) is 7. The molecule has 1 aromatic carbocycles. The van der Waals surface area contributed by atoms with Gasteiger partial charge in [-0.25, -0.2) is 4.98 Å². The van der Waals surface area contributed by atoms with Crippen molar-refractivity contribution in [3.63, 3.8) is 0 Å². The first-order valence-corrected chi connectivity index (χ1v) is 9.90. The van der Waals surface area contributed by atoms with Gasteiger partial charge in [0, 0.05) is 19.2 Å². The minimum Gasteiger partial charge on any atom is -0.493 e. The summed E-state index contributed by atoms with van der Waals surface area (Å²) in [4.78, 5) is 17.4. The van der Waals surface area contributed by atoms with Crippen LogP contribution < -0.4 is 9.64 Å². The molecular formula is C19H20F3N3O3S. The Hall–Kier alpha value is -2.62. The molecule has 0 N–H and O–H groups in total. The van der Waals surface area contributed by atoms with Crippen LogP contribution in [0.15, 0.2) is 22.9 Å². The maximum Gasteiger partial charge on any atom is 0.437 e. The van der Waals surface area contributed by atoms with Crippen LogP contribution in [0.4, 0.5) is 18.3 Å². The molecule has 0 fully saturated rings. The second kappa shape index (κ2) is 8.81.